The molecule has 0 spiro atoms. The summed E-state index contributed by atoms with van der Waals surface area (Å²) in [6, 6.07) is 6.64. The van der Waals surface area contributed by atoms with Gasteiger partial charge >= 0.3 is 6.18 Å². The molecule has 0 saturated carbocycles. The highest BCUT2D eigenvalue weighted by Crippen LogP contribution is 2.40. The molecule has 1 aromatic heterocycles. The van der Waals surface area contributed by atoms with Crippen LogP contribution in [-0.2, 0) is 17.5 Å². The lowest BCUT2D eigenvalue weighted by atomic mass is 9.99. The molecule has 0 aliphatic carbocycles. The van der Waals surface area contributed by atoms with Gasteiger partial charge in [-0.2, -0.15) is 13.2 Å². The molecule has 0 atom stereocenters. The number of phenols is 1. The lowest BCUT2D eigenvalue weighted by Crippen LogP contribution is -3.12. The van der Waals surface area contributed by atoms with Gasteiger partial charge in [-0.1, -0.05) is 6.07 Å². The Labute approximate surface area is 186 Å². The molecule has 0 bridgehead atoms. The number of fused-ring (bicyclic) bond motifs is 1. The summed E-state index contributed by atoms with van der Waals surface area (Å²) in [7, 11) is 2.74. The van der Waals surface area contributed by atoms with Gasteiger partial charge in [0.1, 0.15) is 25.4 Å². The zero-order chi connectivity index (χ0) is 23.8. The maximum absolute atomic E-state index is 14.1. The number of nitrogens with one attached hydrogen (secondary N) is 1. The minimum atomic E-state index is -4.95. The fourth-order valence-electron chi connectivity index (χ4n) is 4.01. The fraction of sp³-hybridized carbons (Fsp3) is 0.348. The van der Waals surface area contributed by atoms with Crippen molar-refractivity contribution in [2.75, 3.05) is 40.5 Å². The van der Waals surface area contributed by atoms with E-state index < -0.39 is 22.9 Å². The fourth-order valence-corrected chi connectivity index (χ4v) is 4.01. The van der Waals surface area contributed by atoms with Gasteiger partial charge < -0.3 is 28.6 Å². The van der Waals surface area contributed by atoms with Crippen molar-refractivity contribution in [3.63, 3.8) is 0 Å². The molecule has 1 aliphatic heterocycles. The van der Waals surface area contributed by atoms with Crippen LogP contribution in [0.2, 0.25) is 0 Å². The van der Waals surface area contributed by atoms with Crippen LogP contribution in [0.25, 0.3) is 22.1 Å². The Morgan fingerprint density at radius 2 is 1.76 bits per heavy atom. The first-order valence-corrected chi connectivity index (χ1v) is 10.3. The SMILES string of the molecule is COc1ccc(-c2c(C(F)(F)F)oc3c(C[NH+]4CCOCC4)c(O)ccc3c2=O)cc1OC. The van der Waals surface area contributed by atoms with Crippen LogP contribution < -0.4 is 19.8 Å². The van der Waals surface area contributed by atoms with E-state index in [1.165, 1.54) is 44.6 Å². The average molecular weight is 466 g/mol. The van der Waals surface area contributed by atoms with E-state index in [-0.39, 0.29) is 40.1 Å². The number of rotatable bonds is 5. The summed E-state index contributed by atoms with van der Waals surface area (Å²) in [6.45, 7) is 2.44. The Hall–Kier alpha value is -3.24. The van der Waals surface area contributed by atoms with Crippen molar-refractivity contribution >= 4 is 11.0 Å². The number of quaternary nitrogens is 1. The number of phenolic OH excluding ortho intramolecular Hbond substituents is 1. The van der Waals surface area contributed by atoms with Crippen molar-refractivity contribution in [3.8, 4) is 28.4 Å². The van der Waals surface area contributed by atoms with Crippen molar-refractivity contribution in [1.29, 1.82) is 0 Å². The molecule has 1 saturated heterocycles. The van der Waals surface area contributed by atoms with Crippen molar-refractivity contribution in [2.45, 2.75) is 12.7 Å². The number of aromatic hydroxyl groups is 1. The topological polar surface area (TPSA) is 82.6 Å². The maximum Gasteiger partial charge on any atom is 0.450 e. The zero-order valence-electron chi connectivity index (χ0n) is 18.0. The molecule has 4 rings (SSSR count). The molecule has 2 aromatic carbocycles. The van der Waals surface area contributed by atoms with Gasteiger partial charge in [0.15, 0.2) is 17.1 Å². The quantitative estimate of drug-likeness (QED) is 0.602. The van der Waals surface area contributed by atoms with Crippen LogP contribution in [-0.4, -0.2) is 45.6 Å². The number of morpholine rings is 1. The highest BCUT2D eigenvalue weighted by atomic mass is 19.4. The smallest absolute Gasteiger partial charge is 0.450 e. The van der Waals surface area contributed by atoms with E-state index in [9.17, 15) is 23.1 Å². The van der Waals surface area contributed by atoms with Gasteiger partial charge in [-0.05, 0) is 29.8 Å². The minimum Gasteiger partial charge on any atom is -0.507 e. The first-order valence-electron chi connectivity index (χ1n) is 10.3. The number of methoxy groups -OCH3 is 2. The van der Waals surface area contributed by atoms with Crippen LogP contribution in [0.5, 0.6) is 17.2 Å². The van der Waals surface area contributed by atoms with Gasteiger partial charge in [-0.3, -0.25) is 4.79 Å². The van der Waals surface area contributed by atoms with Crippen LogP contribution in [0.15, 0.2) is 39.5 Å². The van der Waals surface area contributed by atoms with E-state index >= 15 is 0 Å². The van der Waals surface area contributed by atoms with Crippen LogP contribution in [0, 0.1) is 0 Å². The van der Waals surface area contributed by atoms with Crippen LogP contribution >= 0.6 is 0 Å². The number of alkyl halides is 3. The molecule has 176 valence electrons. The predicted molar refractivity (Wildman–Crippen MR) is 113 cm³/mol. The second-order valence-electron chi connectivity index (χ2n) is 7.68. The Bertz CT molecular complexity index is 1230. The number of halogens is 3. The van der Waals surface area contributed by atoms with Crippen molar-refractivity contribution in [1.82, 2.24) is 0 Å². The second-order valence-corrected chi connectivity index (χ2v) is 7.68. The van der Waals surface area contributed by atoms with Gasteiger partial charge in [0.25, 0.3) is 0 Å². The second kappa shape index (κ2) is 8.95. The molecule has 33 heavy (non-hydrogen) atoms. The summed E-state index contributed by atoms with van der Waals surface area (Å²) in [5, 5.41) is 10.4. The summed E-state index contributed by atoms with van der Waals surface area (Å²) in [4.78, 5) is 14.4. The molecule has 2 heterocycles. The highest BCUT2D eigenvalue weighted by molar-refractivity contribution is 5.87. The van der Waals surface area contributed by atoms with Crippen LogP contribution in [0.4, 0.5) is 13.2 Å². The normalized spacial score (nSPS) is 15.1. The van der Waals surface area contributed by atoms with E-state index in [0.29, 0.717) is 32.1 Å². The summed E-state index contributed by atoms with van der Waals surface area (Å²) in [5.41, 5.74) is -1.62. The third-order valence-electron chi connectivity index (χ3n) is 5.70. The van der Waals surface area contributed by atoms with Gasteiger partial charge in [0.2, 0.25) is 11.2 Å². The lowest BCUT2D eigenvalue weighted by molar-refractivity contribution is -0.921. The number of benzene rings is 2. The zero-order valence-corrected chi connectivity index (χ0v) is 18.0. The van der Waals surface area contributed by atoms with Gasteiger partial charge in [-0.25, -0.2) is 0 Å². The third-order valence-corrected chi connectivity index (χ3v) is 5.70. The summed E-state index contributed by atoms with van der Waals surface area (Å²) < 4.78 is 63.3. The Kier molecular flexibility index (Phi) is 6.22. The Morgan fingerprint density at radius 3 is 2.39 bits per heavy atom. The van der Waals surface area contributed by atoms with Crippen LogP contribution in [0.3, 0.4) is 0 Å². The minimum absolute atomic E-state index is 0.0240. The molecule has 3 aromatic rings. The number of hydrogen-bond acceptors (Lipinski definition) is 6. The van der Waals surface area contributed by atoms with Gasteiger partial charge in [0.05, 0.1) is 43.9 Å². The van der Waals surface area contributed by atoms with Gasteiger partial charge in [-0.15, -0.1) is 0 Å². The summed E-state index contributed by atoms with van der Waals surface area (Å²) in [6.07, 6.45) is -4.95. The van der Waals surface area contributed by atoms with E-state index in [0.717, 1.165) is 4.90 Å². The van der Waals surface area contributed by atoms with Crippen molar-refractivity contribution in [3.05, 3.63) is 51.9 Å². The van der Waals surface area contributed by atoms with E-state index in [4.69, 9.17) is 18.6 Å². The molecule has 1 aliphatic rings. The van der Waals surface area contributed by atoms with E-state index in [1.807, 2.05) is 0 Å². The van der Waals surface area contributed by atoms with Crippen molar-refractivity contribution < 1.29 is 41.8 Å². The molecule has 10 heteroatoms. The summed E-state index contributed by atoms with van der Waals surface area (Å²) in [5.74, 6) is -1.18. The Morgan fingerprint density at radius 1 is 1.06 bits per heavy atom. The third kappa shape index (κ3) is 4.36. The van der Waals surface area contributed by atoms with Gasteiger partial charge in [0, 0.05) is 0 Å². The first-order chi connectivity index (χ1) is 15.7. The molecular formula is C23H23F3NO6+. The first kappa shape index (κ1) is 22.9. The summed E-state index contributed by atoms with van der Waals surface area (Å²) >= 11 is 0. The molecule has 0 amide bonds. The van der Waals surface area contributed by atoms with Crippen LogP contribution in [0.1, 0.15) is 11.3 Å². The standard InChI is InChI=1S/C23H22F3NO6/c1-30-17-6-3-13(11-18(17)31-2)19-20(29)14-4-5-16(28)15(12-27-7-9-32-10-8-27)21(14)33-22(19)23(24,25)26/h3-6,11,28H,7-10,12H2,1-2H3/p+1. The molecule has 7 nitrogen and oxygen atoms in total. The van der Waals surface area contributed by atoms with E-state index in [2.05, 4.69) is 0 Å². The Balaban J connectivity index is 1.96. The molecule has 1 fully saturated rings. The van der Waals surface area contributed by atoms with E-state index in [1.54, 1.807) is 0 Å². The maximum atomic E-state index is 14.1. The predicted octanol–water partition coefficient (Wildman–Crippen LogP) is 2.62. The molecule has 0 unspecified atom stereocenters. The largest absolute Gasteiger partial charge is 0.507 e. The molecule has 2 N–H and O–H groups in total. The number of ether oxygens (including phenoxy) is 3. The highest BCUT2D eigenvalue weighted by Gasteiger charge is 2.40. The van der Waals surface area contributed by atoms with Crippen molar-refractivity contribution in [2.24, 2.45) is 0 Å². The monoisotopic (exact) mass is 466 g/mol. The average Bonchev–Trinajstić information content (AvgIpc) is 2.80. The lowest BCUT2D eigenvalue weighted by Gasteiger charge is -2.24. The molecule has 0 radical (unpaired) electrons. The molecular weight excluding hydrogens is 443 g/mol. The number of hydrogen-bond donors (Lipinski definition) is 2.